The van der Waals surface area contributed by atoms with Gasteiger partial charge in [0.15, 0.2) is 6.10 Å². The topological polar surface area (TPSA) is 231 Å². The fourth-order valence-electron chi connectivity index (χ4n) is 8.97. The molecule has 0 aromatic heterocycles. The molecule has 0 spiro atoms. The lowest BCUT2D eigenvalue weighted by Crippen LogP contribution is -2.30. The van der Waals surface area contributed by atoms with Gasteiger partial charge in [-0.1, -0.05) is 244 Å². The zero-order valence-corrected chi connectivity index (χ0v) is 59.4. The van der Waals surface area contributed by atoms with Crippen molar-refractivity contribution in [3.05, 3.63) is 134 Å². The summed E-state index contributed by atoms with van der Waals surface area (Å²) in [6.07, 6.45) is 79.3. The number of rotatable bonds is 66. The number of hydrogen-bond donors (Lipinski definition) is 4. The molecule has 0 rings (SSSR count). The second-order valence-electron chi connectivity index (χ2n) is 23.3. The Morgan fingerprint density at radius 3 is 0.914 bits per heavy atom. The van der Waals surface area contributed by atoms with Crippen LogP contribution in [0.1, 0.15) is 265 Å². The van der Waals surface area contributed by atoms with E-state index < -0.39 is 91.5 Å². The van der Waals surface area contributed by atoms with Crippen LogP contribution in [0.5, 0.6) is 0 Å². The van der Waals surface area contributed by atoms with Crippen LogP contribution >= 0.6 is 15.6 Å². The van der Waals surface area contributed by atoms with Crippen molar-refractivity contribution in [2.45, 2.75) is 283 Å². The number of carbonyl (C=O) groups is 3. The highest BCUT2D eigenvalue weighted by atomic mass is 31.2. The summed E-state index contributed by atoms with van der Waals surface area (Å²) in [5, 5.41) is 20.6. The van der Waals surface area contributed by atoms with Gasteiger partial charge in [0.25, 0.3) is 0 Å². The molecule has 4 N–H and O–H groups in total. The summed E-state index contributed by atoms with van der Waals surface area (Å²) < 4.78 is 60.9. The molecule has 0 fully saturated rings. The van der Waals surface area contributed by atoms with E-state index in [1.165, 1.54) is 25.7 Å². The molecule has 0 aromatic carbocycles. The Balaban J connectivity index is 4.61. The molecular formula is C75H126O16P2. The van der Waals surface area contributed by atoms with E-state index in [0.717, 1.165) is 180 Å². The van der Waals surface area contributed by atoms with Crippen molar-refractivity contribution >= 4 is 33.6 Å². The predicted octanol–water partition coefficient (Wildman–Crippen LogP) is 20.0. The van der Waals surface area contributed by atoms with Crippen LogP contribution < -0.4 is 0 Å². The third-order valence-corrected chi connectivity index (χ3v) is 16.2. The molecule has 16 nitrogen and oxygen atoms in total. The molecule has 0 aliphatic heterocycles. The molecule has 93 heavy (non-hydrogen) atoms. The number of unbranched alkanes of at least 4 members (excludes halogenated alkanes) is 21. The van der Waals surface area contributed by atoms with Crippen molar-refractivity contribution in [3.8, 4) is 0 Å². The molecule has 0 bridgehead atoms. The zero-order chi connectivity index (χ0) is 68.1. The van der Waals surface area contributed by atoms with Gasteiger partial charge in [-0.2, -0.15) is 0 Å². The largest absolute Gasteiger partial charge is 0.472 e. The maximum atomic E-state index is 12.9. The zero-order valence-electron chi connectivity index (χ0n) is 57.6. The average Bonchev–Trinajstić information content (AvgIpc) is 3.74. The molecule has 0 heterocycles. The fraction of sp³-hybridized carbons (Fsp3) is 0.667. The van der Waals surface area contributed by atoms with Gasteiger partial charge in [0.05, 0.1) is 26.4 Å². The van der Waals surface area contributed by atoms with Crippen LogP contribution in [0.2, 0.25) is 0 Å². The Morgan fingerprint density at radius 2 is 0.570 bits per heavy atom. The Hall–Kier alpha value is -4.31. The SMILES string of the molecule is CC/C=C\C/C=C\C/C=C\C/C=C\C/C=C\C/C=C\CCCCCCCCC(=O)OCC(O)COP(=O)(O)OCC(O)COP(=O)(O)OCC(COC(=O)CCCCCCCC/C=C\C/C=C\C/C=C\C/C=C\CC)OC(=O)CCCCCCC/C=C\CCCCCC. The summed E-state index contributed by atoms with van der Waals surface area (Å²) >= 11 is 0. The van der Waals surface area contributed by atoms with Gasteiger partial charge in [0.2, 0.25) is 0 Å². The average molecular weight is 1350 g/mol. The van der Waals surface area contributed by atoms with Gasteiger partial charge in [0.1, 0.15) is 25.4 Å². The summed E-state index contributed by atoms with van der Waals surface area (Å²) in [4.78, 5) is 58.4. The smallest absolute Gasteiger partial charge is 0.463 e. The van der Waals surface area contributed by atoms with Gasteiger partial charge in [0, 0.05) is 19.3 Å². The van der Waals surface area contributed by atoms with Gasteiger partial charge < -0.3 is 34.2 Å². The Labute approximate surface area is 563 Å². The van der Waals surface area contributed by atoms with Crippen molar-refractivity contribution in [3.63, 3.8) is 0 Å². The van der Waals surface area contributed by atoms with Crippen molar-refractivity contribution in [2.75, 3.05) is 39.6 Å². The van der Waals surface area contributed by atoms with Gasteiger partial charge in [-0.3, -0.25) is 32.5 Å². The van der Waals surface area contributed by atoms with Crippen LogP contribution in [0.25, 0.3) is 0 Å². The highest BCUT2D eigenvalue weighted by Crippen LogP contribution is 2.45. The summed E-state index contributed by atoms with van der Waals surface area (Å²) in [7, 11) is -9.79. The lowest BCUT2D eigenvalue weighted by atomic mass is 10.1. The molecule has 0 aromatic rings. The van der Waals surface area contributed by atoms with Crippen LogP contribution in [-0.2, 0) is 55.8 Å². The molecule has 0 aliphatic carbocycles. The molecule has 5 unspecified atom stereocenters. The quantitative estimate of drug-likeness (QED) is 0.0146. The molecule has 532 valence electrons. The number of ether oxygens (including phenoxy) is 3. The number of esters is 3. The van der Waals surface area contributed by atoms with Crippen molar-refractivity contribution in [2.24, 2.45) is 0 Å². The first-order valence-corrected chi connectivity index (χ1v) is 38.5. The lowest BCUT2D eigenvalue weighted by Gasteiger charge is -2.21. The number of phosphoric ester groups is 2. The summed E-state index contributed by atoms with van der Waals surface area (Å²) in [6.45, 7) is 2.37. The maximum absolute atomic E-state index is 12.9. The highest BCUT2D eigenvalue weighted by molar-refractivity contribution is 7.47. The second-order valence-corrected chi connectivity index (χ2v) is 26.2. The van der Waals surface area contributed by atoms with Crippen molar-refractivity contribution in [1.82, 2.24) is 0 Å². The van der Waals surface area contributed by atoms with Gasteiger partial charge in [-0.05, 0) is 135 Å². The molecular weight excluding hydrogens is 1220 g/mol. The van der Waals surface area contributed by atoms with Crippen molar-refractivity contribution < 1.29 is 75.8 Å². The molecule has 0 amide bonds. The number of allylic oxidation sites excluding steroid dienone is 22. The van der Waals surface area contributed by atoms with Gasteiger partial charge >= 0.3 is 33.6 Å². The van der Waals surface area contributed by atoms with E-state index in [2.05, 4.69) is 154 Å². The van der Waals surface area contributed by atoms with Crippen LogP contribution in [-0.4, -0.2) is 95.9 Å². The van der Waals surface area contributed by atoms with E-state index in [1.807, 2.05) is 0 Å². The Kier molecular flexibility index (Phi) is 64.5. The van der Waals surface area contributed by atoms with E-state index in [1.54, 1.807) is 0 Å². The number of aliphatic hydroxyl groups is 2. The Bertz CT molecular complexity index is 2230. The van der Waals surface area contributed by atoms with Crippen LogP contribution in [0.3, 0.4) is 0 Å². The first-order chi connectivity index (χ1) is 45.2. The molecule has 0 saturated heterocycles. The monoisotopic (exact) mass is 1340 g/mol. The standard InChI is InChI=1S/C75H126O16P2/c1-4-7-10-13-16-19-22-25-27-29-31-32-33-34-35-36-38-40-41-44-46-49-52-55-58-61-73(78)85-64-70(76)65-87-92(81,82)88-66-71(77)67-89-93(83,84)90-69-72(91-75(80)63-60-57-54-51-48-43-24-21-18-15-12-9-6-3)68-86-74(79)62-59-56-53-50-47-45-42-39-37-30-28-26-23-20-17-14-11-8-5-2/h7-8,10-11,16-17,19-21,24-28,31-32,34-35,37-40,70-72,76-77H,4-6,9,12-15,18,22-23,29-30,33,36,41-69H2,1-3H3,(H,81,82)(H,83,84)/b10-7-,11-8-,19-16-,20-17-,24-21-,27-25-,28-26-,32-31-,35-34-,39-37-,40-38-. The second kappa shape index (κ2) is 67.7. The van der Waals surface area contributed by atoms with Gasteiger partial charge in [-0.15, -0.1) is 0 Å². The van der Waals surface area contributed by atoms with Crippen molar-refractivity contribution in [1.29, 1.82) is 0 Å². The fourth-order valence-corrected chi connectivity index (χ4v) is 10.6. The molecule has 0 aliphatic rings. The highest BCUT2D eigenvalue weighted by Gasteiger charge is 2.29. The molecule has 0 saturated carbocycles. The predicted molar refractivity (Wildman–Crippen MR) is 380 cm³/mol. The number of aliphatic hydroxyl groups excluding tert-OH is 2. The summed E-state index contributed by atoms with van der Waals surface area (Å²) in [6, 6.07) is 0. The number of hydrogen-bond acceptors (Lipinski definition) is 14. The minimum Gasteiger partial charge on any atom is -0.463 e. The van der Waals surface area contributed by atoms with E-state index in [9.17, 15) is 43.5 Å². The minimum atomic E-state index is -4.93. The summed E-state index contributed by atoms with van der Waals surface area (Å²) in [5.41, 5.74) is 0. The van der Waals surface area contributed by atoms with Crippen LogP contribution in [0.15, 0.2) is 134 Å². The van der Waals surface area contributed by atoms with E-state index in [-0.39, 0.29) is 19.3 Å². The molecule has 5 atom stereocenters. The minimum absolute atomic E-state index is 0.0880. The Morgan fingerprint density at radius 1 is 0.312 bits per heavy atom. The normalized spacial score (nSPS) is 15.0. The third kappa shape index (κ3) is 68.9. The molecule has 0 radical (unpaired) electrons. The first-order valence-electron chi connectivity index (χ1n) is 35.5. The van der Waals surface area contributed by atoms with E-state index in [0.29, 0.717) is 19.3 Å². The first kappa shape index (κ1) is 88.7. The van der Waals surface area contributed by atoms with E-state index in [4.69, 9.17) is 32.3 Å². The van der Waals surface area contributed by atoms with Crippen LogP contribution in [0.4, 0.5) is 0 Å². The van der Waals surface area contributed by atoms with E-state index >= 15 is 0 Å². The van der Waals surface area contributed by atoms with Crippen LogP contribution in [0, 0.1) is 0 Å². The number of carbonyl (C=O) groups excluding carboxylic acids is 3. The molecule has 18 heteroatoms. The summed E-state index contributed by atoms with van der Waals surface area (Å²) in [5.74, 6) is -1.62. The maximum Gasteiger partial charge on any atom is 0.472 e. The number of phosphoric acid groups is 2. The third-order valence-electron chi connectivity index (χ3n) is 14.3. The lowest BCUT2D eigenvalue weighted by molar-refractivity contribution is -0.161. The van der Waals surface area contributed by atoms with Gasteiger partial charge in [-0.25, -0.2) is 9.13 Å².